The van der Waals surface area contributed by atoms with Gasteiger partial charge in [0.05, 0.1) is 5.70 Å². The highest BCUT2D eigenvalue weighted by molar-refractivity contribution is 5.93. The molecule has 3 rings (SSSR count). The second-order valence-electron chi connectivity index (χ2n) is 6.06. The fourth-order valence-electron chi connectivity index (χ4n) is 3.36. The number of aliphatic hydroxyl groups excluding tert-OH is 1. The third kappa shape index (κ3) is 3.14. The molecule has 5 heteroatoms. The Kier molecular flexibility index (Phi) is 4.31. The van der Waals surface area contributed by atoms with E-state index < -0.39 is 6.23 Å². The minimum absolute atomic E-state index is 0.0607. The van der Waals surface area contributed by atoms with Crippen LogP contribution in [0.1, 0.15) is 39.0 Å². The molecule has 2 heterocycles. The zero-order chi connectivity index (χ0) is 14.8. The van der Waals surface area contributed by atoms with Crippen LogP contribution in [0.3, 0.4) is 0 Å². The molecule has 0 saturated carbocycles. The van der Waals surface area contributed by atoms with Gasteiger partial charge in [0, 0.05) is 25.5 Å². The highest BCUT2D eigenvalue weighted by Crippen LogP contribution is 2.34. The van der Waals surface area contributed by atoms with Crippen LogP contribution in [-0.4, -0.2) is 52.8 Å². The van der Waals surface area contributed by atoms with Gasteiger partial charge in [0.15, 0.2) is 12.0 Å². The molecular weight excluding hydrogens is 268 g/mol. The maximum atomic E-state index is 11.4. The van der Waals surface area contributed by atoms with E-state index in [-0.39, 0.29) is 12.0 Å². The van der Waals surface area contributed by atoms with E-state index in [9.17, 15) is 9.90 Å². The van der Waals surface area contributed by atoms with Crippen LogP contribution >= 0.6 is 0 Å². The van der Waals surface area contributed by atoms with Gasteiger partial charge in [-0.2, -0.15) is 0 Å². The number of aliphatic hydroxyl groups is 1. The Bertz CT molecular complexity index is 466. The molecule has 0 aromatic carbocycles. The smallest absolute Gasteiger partial charge is 0.171 e. The molecule has 2 aliphatic heterocycles. The molecule has 5 nitrogen and oxygen atoms in total. The second kappa shape index (κ2) is 6.20. The average molecular weight is 292 g/mol. The topological polar surface area (TPSA) is 53.0 Å². The van der Waals surface area contributed by atoms with Crippen LogP contribution in [0.25, 0.3) is 0 Å². The molecule has 0 spiro atoms. The molecule has 2 saturated heterocycles. The minimum Gasteiger partial charge on any atom is -0.468 e. The van der Waals surface area contributed by atoms with E-state index >= 15 is 0 Å². The van der Waals surface area contributed by atoms with Crippen molar-refractivity contribution in [2.45, 2.75) is 51.5 Å². The molecule has 1 N–H and O–H groups in total. The molecule has 116 valence electrons. The summed E-state index contributed by atoms with van der Waals surface area (Å²) < 4.78 is 5.69. The fraction of sp³-hybridized carbons (Fsp3) is 0.688. The Morgan fingerprint density at radius 2 is 2.14 bits per heavy atom. The van der Waals surface area contributed by atoms with Crippen LogP contribution in [0, 0.1) is 0 Å². The van der Waals surface area contributed by atoms with Crippen LogP contribution in [0.15, 0.2) is 23.6 Å². The lowest BCUT2D eigenvalue weighted by molar-refractivity contribution is -0.114. The van der Waals surface area contributed by atoms with E-state index in [0.717, 1.165) is 25.3 Å². The van der Waals surface area contributed by atoms with Gasteiger partial charge in [-0.15, -0.1) is 0 Å². The van der Waals surface area contributed by atoms with Crippen LogP contribution in [0.2, 0.25) is 0 Å². The average Bonchev–Trinajstić information content (AvgIpc) is 2.81. The molecule has 0 bridgehead atoms. The number of carbonyl (C=O) groups is 1. The monoisotopic (exact) mass is 292 g/mol. The summed E-state index contributed by atoms with van der Waals surface area (Å²) in [5, 5.41) is 10.5. The SMILES string of the molecule is CC1OC2=CC(=O)CC=C2N1C(O)CCN1CCCCC1. The van der Waals surface area contributed by atoms with Gasteiger partial charge in [-0.05, 0) is 38.9 Å². The minimum atomic E-state index is -0.563. The number of rotatable bonds is 4. The summed E-state index contributed by atoms with van der Waals surface area (Å²) in [7, 11) is 0. The first-order valence-corrected chi connectivity index (χ1v) is 7.95. The lowest BCUT2D eigenvalue weighted by Gasteiger charge is -2.31. The number of likely N-dealkylation sites (tertiary alicyclic amines) is 1. The summed E-state index contributed by atoms with van der Waals surface area (Å²) in [5.41, 5.74) is 0.869. The number of allylic oxidation sites excluding steroid dienone is 2. The lowest BCUT2D eigenvalue weighted by Crippen LogP contribution is -2.40. The molecule has 3 aliphatic rings. The van der Waals surface area contributed by atoms with Crippen molar-refractivity contribution >= 4 is 5.78 Å². The van der Waals surface area contributed by atoms with Crippen LogP contribution in [0.5, 0.6) is 0 Å². The summed E-state index contributed by atoms with van der Waals surface area (Å²) in [6, 6.07) is 0. The Balaban J connectivity index is 1.60. The number of ketones is 1. The molecule has 2 unspecified atom stereocenters. The first kappa shape index (κ1) is 14.6. The molecular formula is C16H24N2O3. The molecule has 1 aliphatic carbocycles. The van der Waals surface area contributed by atoms with E-state index in [1.165, 1.54) is 19.3 Å². The molecule has 21 heavy (non-hydrogen) atoms. The maximum absolute atomic E-state index is 11.4. The Labute approximate surface area is 125 Å². The molecule has 0 aromatic heterocycles. The second-order valence-corrected chi connectivity index (χ2v) is 6.06. The third-order valence-corrected chi connectivity index (χ3v) is 4.48. The molecule has 0 radical (unpaired) electrons. The van der Waals surface area contributed by atoms with Gasteiger partial charge in [0.2, 0.25) is 0 Å². The zero-order valence-corrected chi connectivity index (χ0v) is 12.6. The lowest BCUT2D eigenvalue weighted by atomic mass is 10.1. The first-order valence-electron chi connectivity index (χ1n) is 7.95. The number of hydrogen-bond acceptors (Lipinski definition) is 5. The van der Waals surface area contributed by atoms with Gasteiger partial charge in [-0.25, -0.2) is 0 Å². The fourth-order valence-corrected chi connectivity index (χ4v) is 3.36. The van der Waals surface area contributed by atoms with E-state index in [1.807, 2.05) is 17.9 Å². The van der Waals surface area contributed by atoms with Gasteiger partial charge in [0.1, 0.15) is 12.0 Å². The highest BCUT2D eigenvalue weighted by Gasteiger charge is 2.36. The van der Waals surface area contributed by atoms with Crippen molar-refractivity contribution in [3.63, 3.8) is 0 Å². The molecule has 0 amide bonds. The molecule has 0 aromatic rings. The van der Waals surface area contributed by atoms with Crippen LogP contribution in [0.4, 0.5) is 0 Å². The van der Waals surface area contributed by atoms with Crippen LogP contribution in [-0.2, 0) is 9.53 Å². The third-order valence-electron chi connectivity index (χ3n) is 4.48. The van der Waals surface area contributed by atoms with Gasteiger partial charge in [-0.1, -0.05) is 6.42 Å². The first-order chi connectivity index (χ1) is 10.1. The predicted octanol–water partition coefficient (Wildman–Crippen LogP) is 1.60. The van der Waals surface area contributed by atoms with E-state index in [2.05, 4.69) is 4.90 Å². The molecule has 2 fully saturated rings. The quantitative estimate of drug-likeness (QED) is 0.853. The van der Waals surface area contributed by atoms with Crippen LogP contribution < -0.4 is 0 Å². The maximum Gasteiger partial charge on any atom is 0.171 e. The normalized spacial score (nSPS) is 27.8. The number of nitrogens with zero attached hydrogens (tertiary/aromatic N) is 2. The van der Waals surface area contributed by atoms with Crippen molar-refractivity contribution in [2.75, 3.05) is 19.6 Å². The van der Waals surface area contributed by atoms with Gasteiger partial charge >= 0.3 is 0 Å². The van der Waals surface area contributed by atoms with Gasteiger partial charge in [-0.3, -0.25) is 4.79 Å². The number of fused-ring (bicyclic) bond motifs is 1. The Hall–Kier alpha value is -1.33. The van der Waals surface area contributed by atoms with Gasteiger partial charge in [0.25, 0.3) is 0 Å². The standard InChI is InChI=1S/C16H24N2O3/c1-12-18(14-6-5-13(19)11-15(14)21-12)16(20)7-10-17-8-3-2-4-9-17/h6,11-12,16,20H,2-5,7-10H2,1H3. The van der Waals surface area contributed by atoms with E-state index in [0.29, 0.717) is 18.6 Å². The van der Waals surface area contributed by atoms with Crippen molar-refractivity contribution < 1.29 is 14.6 Å². The van der Waals surface area contributed by atoms with Gasteiger partial charge < -0.3 is 19.6 Å². The van der Waals surface area contributed by atoms with Crippen molar-refractivity contribution in [3.8, 4) is 0 Å². The van der Waals surface area contributed by atoms with Crippen molar-refractivity contribution in [1.29, 1.82) is 0 Å². The largest absolute Gasteiger partial charge is 0.468 e. The summed E-state index contributed by atoms with van der Waals surface area (Å²) in [5.74, 6) is 0.668. The predicted molar refractivity (Wildman–Crippen MR) is 79.1 cm³/mol. The van der Waals surface area contributed by atoms with Crippen molar-refractivity contribution in [2.24, 2.45) is 0 Å². The number of hydrogen-bond donors (Lipinski definition) is 1. The number of ether oxygens (including phenoxy) is 1. The zero-order valence-electron chi connectivity index (χ0n) is 12.6. The number of piperidine rings is 1. The number of carbonyl (C=O) groups excluding carboxylic acids is 1. The van der Waals surface area contributed by atoms with E-state index in [4.69, 9.17) is 4.74 Å². The Morgan fingerprint density at radius 3 is 2.90 bits per heavy atom. The summed E-state index contributed by atoms with van der Waals surface area (Å²) in [6.45, 7) is 5.10. The summed E-state index contributed by atoms with van der Waals surface area (Å²) >= 11 is 0. The summed E-state index contributed by atoms with van der Waals surface area (Å²) in [4.78, 5) is 15.7. The Morgan fingerprint density at radius 1 is 1.38 bits per heavy atom. The summed E-state index contributed by atoms with van der Waals surface area (Å²) in [6.07, 6.45) is 7.58. The molecule has 2 atom stereocenters. The highest BCUT2D eigenvalue weighted by atomic mass is 16.5. The van der Waals surface area contributed by atoms with Crippen molar-refractivity contribution in [3.05, 3.63) is 23.6 Å². The van der Waals surface area contributed by atoms with E-state index in [1.54, 1.807) is 6.08 Å². The van der Waals surface area contributed by atoms with Crippen molar-refractivity contribution in [1.82, 2.24) is 9.80 Å².